The number of aliphatic hydroxyl groups excluding tert-OH is 1. The second kappa shape index (κ2) is 4.51. The normalized spacial score (nSPS) is 28.1. The van der Waals surface area contributed by atoms with E-state index in [9.17, 15) is 0 Å². The molecule has 2 N–H and O–H groups in total. The van der Waals surface area contributed by atoms with Crippen LogP contribution in [0.3, 0.4) is 0 Å². The molecule has 0 aromatic carbocycles. The Morgan fingerprint density at radius 2 is 2.30 bits per heavy atom. The number of hydrogen-bond acceptors (Lipinski definition) is 2. The van der Waals surface area contributed by atoms with Crippen LogP contribution in [0.2, 0.25) is 0 Å². The molecule has 1 saturated heterocycles. The molecule has 0 radical (unpaired) electrons. The first kappa shape index (κ1) is 8.74. The monoisotopic (exact) mass is 257 g/mol. The van der Waals surface area contributed by atoms with Gasteiger partial charge in [-0.25, -0.2) is 0 Å². The summed E-state index contributed by atoms with van der Waals surface area (Å²) >= 11 is 0.420. The van der Waals surface area contributed by atoms with Crippen molar-refractivity contribution in [3.05, 3.63) is 0 Å². The van der Waals surface area contributed by atoms with Crippen molar-refractivity contribution >= 4 is 0 Å². The summed E-state index contributed by atoms with van der Waals surface area (Å²) < 4.78 is 2.74. The van der Waals surface area contributed by atoms with Gasteiger partial charge in [0.1, 0.15) is 0 Å². The van der Waals surface area contributed by atoms with Crippen LogP contribution < -0.4 is 21.2 Å². The van der Waals surface area contributed by atoms with Gasteiger partial charge in [0, 0.05) is 0 Å². The molecule has 1 rings (SSSR count). The fourth-order valence-electron chi connectivity index (χ4n) is 1.25. The van der Waals surface area contributed by atoms with E-state index in [0.29, 0.717) is 33.5 Å². The molecule has 0 unspecified atom stereocenters. The molecular weight excluding hydrogens is 243 g/mol. The first-order valence-electron chi connectivity index (χ1n) is 3.68. The van der Waals surface area contributed by atoms with Gasteiger partial charge in [0.2, 0.25) is 0 Å². The summed E-state index contributed by atoms with van der Waals surface area (Å²) in [6.07, 6.45) is 2.09. The van der Waals surface area contributed by atoms with Crippen LogP contribution in [-0.2, 0) is 0 Å². The van der Waals surface area contributed by atoms with Crippen molar-refractivity contribution < 1.29 is 31.4 Å². The Balaban J connectivity index is 2.13. The Labute approximate surface area is 71.9 Å². The van der Waals surface area contributed by atoms with Crippen LogP contribution >= 0.6 is 0 Å². The molecule has 1 heterocycles. The van der Waals surface area contributed by atoms with Crippen molar-refractivity contribution in [1.82, 2.24) is 0 Å². The molecule has 0 aliphatic carbocycles. The Morgan fingerprint density at radius 1 is 1.50 bits per heavy atom. The Bertz CT molecular complexity index is 89.6. The van der Waals surface area contributed by atoms with E-state index in [1.807, 2.05) is 0 Å². The third-order valence-corrected chi connectivity index (χ3v) is 5.15. The van der Waals surface area contributed by atoms with Gasteiger partial charge < -0.3 is 0 Å². The third kappa shape index (κ3) is 3.16. The first-order valence-corrected chi connectivity index (χ1v) is 6.74. The molecule has 1 fully saturated rings. The average Bonchev–Trinajstić information content (AvgIpc) is 1.88. The van der Waals surface area contributed by atoms with Crippen LogP contribution in [0.15, 0.2) is 0 Å². The summed E-state index contributed by atoms with van der Waals surface area (Å²) in [6, 6.07) is 0. The SMILES string of the molecule is OC(O)C[C@H]1CCC[I-]C1. The van der Waals surface area contributed by atoms with Crippen LogP contribution in [0, 0.1) is 5.92 Å². The molecule has 0 aromatic heterocycles. The fourth-order valence-corrected chi connectivity index (χ4v) is 4.35. The molecule has 0 spiro atoms. The van der Waals surface area contributed by atoms with Gasteiger partial charge in [0.25, 0.3) is 0 Å². The fraction of sp³-hybridized carbons (Fsp3) is 1.00. The van der Waals surface area contributed by atoms with Crippen LogP contribution in [-0.4, -0.2) is 25.4 Å². The Kier molecular flexibility index (Phi) is 3.95. The molecule has 0 bridgehead atoms. The zero-order chi connectivity index (χ0) is 7.40. The number of halogens is 1. The van der Waals surface area contributed by atoms with Gasteiger partial charge in [-0.3, -0.25) is 0 Å². The van der Waals surface area contributed by atoms with Crippen molar-refractivity contribution in [3.63, 3.8) is 0 Å². The second-order valence-corrected chi connectivity index (χ2v) is 5.80. The van der Waals surface area contributed by atoms with Gasteiger partial charge in [-0.1, -0.05) is 0 Å². The van der Waals surface area contributed by atoms with E-state index in [2.05, 4.69) is 0 Å². The van der Waals surface area contributed by atoms with Crippen molar-refractivity contribution in [3.8, 4) is 0 Å². The topological polar surface area (TPSA) is 40.5 Å². The van der Waals surface area contributed by atoms with Crippen molar-refractivity contribution in [2.75, 3.05) is 8.86 Å². The predicted molar refractivity (Wildman–Crippen MR) is 35.3 cm³/mol. The standard InChI is InChI=1S/C7H14IO2/c9-7(10)4-6-2-1-3-8-5-6/h6-7,9-10H,1-5H2/q-1/t6-/m1/s1. The zero-order valence-corrected chi connectivity index (χ0v) is 8.12. The van der Waals surface area contributed by atoms with E-state index < -0.39 is 6.29 Å². The minimum absolute atomic E-state index is 0.420. The molecule has 0 saturated carbocycles. The summed E-state index contributed by atoms with van der Waals surface area (Å²) in [5.41, 5.74) is 0. The summed E-state index contributed by atoms with van der Waals surface area (Å²) in [5, 5.41) is 17.3. The van der Waals surface area contributed by atoms with Crippen molar-refractivity contribution in [2.24, 2.45) is 5.92 Å². The van der Waals surface area contributed by atoms with Gasteiger partial charge in [0.15, 0.2) is 0 Å². The second-order valence-electron chi connectivity index (χ2n) is 2.76. The van der Waals surface area contributed by atoms with Gasteiger partial charge in [-0.15, -0.1) is 0 Å². The van der Waals surface area contributed by atoms with E-state index in [0.717, 1.165) is 0 Å². The van der Waals surface area contributed by atoms with E-state index >= 15 is 0 Å². The molecule has 62 valence electrons. The average molecular weight is 257 g/mol. The molecular formula is C7H14IO2-. The number of hydrogen-bond donors (Lipinski definition) is 2. The van der Waals surface area contributed by atoms with Crippen LogP contribution in [0.1, 0.15) is 19.3 Å². The van der Waals surface area contributed by atoms with Gasteiger partial charge in [-0.2, -0.15) is 0 Å². The first-order chi connectivity index (χ1) is 4.79. The van der Waals surface area contributed by atoms with Gasteiger partial charge >= 0.3 is 71.7 Å². The van der Waals surface area contributed by atoms with Gasteiger partial charge in [0.05, 0.1) is 0 Å². The maximum atomic E-state index is 8.67. The molecule has 0 amide bonds. The molecule has 3 heteroatoms. The van der Waals surface area contributed by atoms with Crippen LogP contribution in [0.25, 0.3) is 0 Å². The van der Waals surface area contributed by atoms with Gasteiger partial charge in [-0.05, 0) is 0 Å². The van der Waals surface area contributed by atoms with E-state index in [1.54, 1.807) is 0 Å². The number of alkyl halides is 2. The predicted octanol–water partition coefficient (Wildman–Crippen LogP) is -2.81. The summed E-state index contributed by atoms with van der Waals surface area (Å²) in [5.74, 6) is 0.626. The van der Waals surface area contributed by atoms with E-state index in [1.165, 1.54) is 21.7 Å². The molecule has 1 atom stereocenters. The van der Waals surface area contributed by atoms with Crippen molar-refractivity contribution in [1.29, 1.82) is 0 Å². The number of rotatable bonds is 2. The van der Waals surface area contributed by atoms with E-state index in [4.69, 9.17) is 10.2 Å². The Hall–Kier alpha value is 0.650. The molecule has 10 heavy (non-hydrogen) atoms. The Morgan fingerprint density at radius 3 is 2.80 bits per heavy atom. The summed E-state index contributed by atoms with van der Waals surface area (Å²) in [6.45, 7) is 0. The summed E-state index contributed by atoms with van der Waals surface area (Å²) in [4.78, 5) is 0. The summed E-state index contributed by atoms with van der Waals surface area (Å²) in [7, 11) is 0. The van der Waals surface area contributed by atoms with Crippen molar-refractivity contribution in [2.45, 2.75) is 25.6 Å². The molecule has 0 aromatic rings. The maximum absolute atomic E-state index is 8.67. The third-order valence-electron chi connectivity index (χ3n) is 1.75. The van der Waals surface area contributed by atoms with Crippen LogP contribution in [0.5, 0.6) is 0 Å². The molecule has 1 aliphatic heterocycles. The van der Waals surface area contributed by atoms with E-state index in [-0.39, 0.29) is 0 Å². The molecule has 2 nitrogen and oxygen atoms in total. The minimum atomic E-state index is -1.06. The molecule has 1 aliphatic rings. The quantitative estimate of drug-likeness (QED) is 0.318. The number of aliphatic hydroxyl groups is 2. The van der Waals surface area contributed by atoms with Crippen LogP contribution in [0.4, 0.5) is 0 Å². The zero-order valence-electron chi connectivity index (χ0n) is 5.96.